The number of carbonyl (C=O) groups excluding carboxylic acids is 1. The maximum atomic E-state index is 10.3. The second-order valence-electron chi connectivity index (χ2n) is 2.62. The summed E-state index contributed by atoms with van der Waals surface area (Å²) < 4.78 is 0. The Morgan fingerprint density at radius 2 is 2.31 bits per heavy atom. The fourth-order valence-electron chi connectivity index (χ4n) is 1.22. The van der Waals surface area contributed by atoms with Crippen molar-refractivity contribution in [2.24, 2.45) is 7.05 Å². The van der Waals surface area contributed by atoms with E-state index in [1.165, 1.54) is 4.80 Å². The molecule has 0 aliphatic carbocycles. The maximum Gasteiger partial charge on any atom is 0.211 e. The molecule has 0 aliphatic rings. The molecule has 0 saturated carbocycles. The van der Waals surface area contributed by atoms with Gasteiger partial charge in [0.1, 0.15) is 11.0 Å². The van der Waals surface area contributed by atoms with Gasteiger partial charge in [-0.2, -0.15) is 15.0 Å². The highest BCUT2D eigenvalue weighted by Crippen LogP contribution is 2.18. The average molecular weight is 176 g/mol. The summed E-state index contributed by atoms with van der Waals surface area (Å²) >= 11 is 0. The smallest absolute Gasteiger partial charge is 0.211 e. The summed E-state index contributed by atoms with van der Waals surface area (Å²) in [6.45, 7) is 0. The predicted octanol–water partition coefficient (Wildman–Crippen LogP) is 0.537. The third-order valence-corrected chi connectivity index (χ3v) is 1.73. The minimum atomic E-state index is 0.628. The van der Waals surface area contributed by atoms with Crippen LogP contribution in [0.25, 0.3) is 11.0 Å². The Morgan fingerprint density at radius 1 is 1.46 bits per heavy atom. The van der Waals surface area contributed by atoms with Crippen LogP contribution in [0.2, 0.25) is 0 Å². The first-order valence-electron chi connectivity index (χ1n) is 3.81. The Labute approximate surface area is 74.3 Å². The summed E-state index contributed by atoms with van der Waals surface area (Å²) in [5, 5.41) is 10.8. The van der Waals surface area contributed by atoms with Gasteiger partial charge in [0.25, 0.3) is 0 Å². The topological polar surface area (TPSA) is 59.8 Å². The summed E-state index contributed by atoms with van der Waals surface area (Å²) in [5.41, 5.74) is 2.16. The zero-order valence-electron chi connectivity index (χ0n) is 7.06. The second-order valence-corrected chi connectivity index (χ2v) is 2.62. The van der Waals surface area contributed by atoms with Crippen LogP contribution in [-0.2, 0) is 11.8 Å². The lowest BCUT2D eigenvalue weighted by Crippen LogP contribution is -1.95. The van der Waals surface area contributed by atoms with Gasteiger partial charge in [0, 0.05) is 7.05 Å². The molecule has 5 nitrogen and oxygen atoms in total. The predicted molar refractivity (Wildman–Crippen MR) is 48.2 cm³/mol. The molecular weight excluding hydrogens is 168 g/mol. The van der Waals surface area contributed by atoms with Crippen molar-refractivity contribution in [1.29, 1.82) is 0 Å². The largest absolute Gasteiger partial charge is 0.327 e. The van der Waals surface area contributed by atoms with Crippen LogP contribution in [0.4, 0.5) is 5.69 Å². The number of rotatable bonds is 2. The van der Waals surface area contributed by atoms with Gasteiger partial charge in [-0.1, -0.05) is 6.07 Å². The van der Waals surface area contributed by atoms with E-state index in [0.29, 0.717) is 17.6 Å². The molecule has 13 heavy (non-hydrogen) atoms. The van der Waals surface area contributed by atoms with Gasteiger partial charge in [-0.3, -0.25) is 4.79 Å². The third kappa shape index (κ3) is 1.24. The zero-order valence-corrected chi connectivity index (χ0v) is 7.06. The van der Waals surface area contributed by atoms with Crippen LogP contribution in [0.1, 0.15) is 0 Å². The van der Waals surface area contributed by atoms with Crippen molar-refractivity contribution < 1.29 is 4.79 Å². The molecule has 0 atom stereocenters. The Hall–Kier alpha value is -1.91. The van der Waals surface area contributed by atoms with Gasteiger partial charge < -0.3 is 5.32 Å². The number of nitrogens with zero attached hydrogens (tertiary/aromatic N) is 3. The lowest BCUT2D eigenvalue weighted by Gasteiger charge is -1.96. The minimum absolute atomic E-state index is 0.628. The highest BCUT2D eigenvalue weighted by molar-refractivity contribution is 5.92. The summed E-state index contributed by atoms with van der Waals surface area (Å²) in [5.74, 6) is 0. The first-order valence-corrected chi connectivity index (χ1v) is 3.81. The number of aromatic nitrogens is 3. The number of aryl methyl sites for hydroxylation is 1. The number of benzene rings is 1. The van der Waals surface area contributed by atoms with Gasteiger partial charge in [-0.25, -0.2) is 0 Å². The Kier molecular flexibility index (Phi) is 1.70. The number of anilines is 1. The van der Waals surface area contributed by atoms with Gasteiger partial charge in [-0.15, -0.1) is 0 Å². The lowest BCUT2D eigenvalue weighted by molar-refractivity contribution is -0.105. The number of nitrogens with one attached hydrogen (secondary N) is 1. The van der Waals surface area contributed by atoms with E-state index >= 15 is 0 Å². The molecule has 1 heterocycles. The Balaban J connectivity index is 2.67. The van der Waals surface area contributed by atoms with Crippen molar-refractivity contribution in [2.45, 2.75) is 0 Å². The van der Waals surface area contributed by atoms with E-state index in [4.69, 9.17) is 0 Å². The molecular formula is C8H8N4O. The Morgan fingerprint density at radius 3 is 3.08 bits per heavy atom. The summed E-state index contributed by atoms with van der Waals surface area (Å²) in [4.78, 5) is 11.7. The molecule has 1 aromatic heterocycles. The molecule has 0 fully saturated rings. The molecule has 0 radical (unpaired) electrons. The van der Waals surface area contributed by atoms with Crippen LogP contribution in [0, 0.1) is 0 Å². The Bertz CT molecular complexity index is 448. The molecule has 0 unspecified atom stereocenters. The standard InChI is InChI=1S/C8H8N4O/c1-12-10-7-4-2-3-6(9-5-13)8(7)11-12/h2-5H,1H3,(H,9,13). The summed E-state index contributed by atoms with van der Waals surface area (Å²) in [6, 6.07) is 5.45. The first-order chi connectivity index (χ1) is 6.31. The molecule has 66 valence electrons. The number of amides is 1. The van der Waals surface area contributed by atoms with Crippen LogP contribution in [0.3, 0.4) is 0 Å². The van der Waals surface area contributed by atoms with Gasteiger partial charge in [-0.05, 0) is 12.1 Å². The molecule has 1 N–H and O–H groups in total. The lowest BCUT2D eigenvalue weighted by atomic mass is 10.3. The number of hydrogen-bond acceptors (Lipinski definition) is 3. The third-order valence-electron chi connectivity index (χ3n) is 1.73. The molecule has 2 aromatic rings. The second kappa shape index (κ2) is 2.85. The normalized spacial score (nSPS) is 10.2. The monoisotopic (exact) mass is 176 g/mol. The highest BCUT2D eigenvalue weighted by Gasteiger charge is 2.04. The molecule has 0 bridgehead atoms. The van der Waals surface area contributed by atoms with Crippen molar-refractivity contribution in [2.75, 3.05) is 5.32 Å². The van der Waals surface area contributed by atoms with E-state index in [1.54, 1.807) is 13.1 Å². The molecule has 1 aromatic carbocycles. The molecule has 0 aliphatic heterocycles. The molecule has 0 spiro atoms. The van der Waals surface area contributed by atoms with Crippen molar-refractivity contribution in [3.05, 3.63) is 18.2 Å². The fourth-order valence-corrected chi connectivity index (χ4v) is 1.22. The van der Waals surface area contributed by atoms with Gasteiger partial charge in [0.2, 0.25) is 6.41 Å². The average Bonchev–Trinajstić information content (AvgIpc) is 2.47. The van der Waals surface area contributed by atoms with E-state index in [-0.39, 0.29) is 0 Å². The van der Waals surface area contributed by atoms with Gasteiger partial charge in [0.05, 0.1) is 5.69 Å². The summed E-state index contributed by atoms with van der Waals surface area (Å²) in [7, 11) is 1.74. The fraction of sp³-hybridized carbons (Fsp3) is 0.125. The number of carbonyl (C=O) groups is 1. The first kappa shape index (κ1) is 7.72. The van der Waals surface area contributed by atoms with E-state index in [9.17, 15) is 4.79 Å². The van der Waals surface area contributed by atoms with Crippen LogP contribution >= 0.6 is 0 Å². The van der Waals surface area contributed by atoms with Crippen LogP contribution in [0.15, 0.2) is 18.2 Å². The quantitative estimate of drug-likeness (QED) is 0.679. The maximum absolute atomic E-state index is 10.3. The van der Waals surface area contributed by atoms with Gasteiger partial charge >= 0.3 is 0 Å². The van der Waals surface area contributed by atoms with Crippen LogP contribution in [0.5, 0.6) is 0 Å². The van der Waals surface area contributed by atoms with Crippen LogP contribution < -0.4 is 5.32 Å². The molecule has 2 rings (SSSR count). The van der Waals surface area contributed by atoms with Crippen molar-refractivity contribution in [3.8, 4) is 0 Å². The van der Waals surface area contributed by atoms with Crippen molar-refractivity contribution >= 4 is 23.1 Å². The SMILES string of the molecule is Cn1nc2cccc(NC=O)c2n1. The summed E-state index contributed by atoms with van der Waals surface area (Å²) in [6.07, 6.45) is 0.628. The van der Waals surface area contributed by atoms with Crippen molar-refractivity contribution in [1.82, 2.24) is 15.0 Å². The highest BCUT2D eigenvalue weighted by atomic mass is 16.1. The van der Waals surface area contributed by atoms with E-state index in [0.717, 1.165) is 5.52 Å². The van der Waals surface area contributed by atoms with Gasteiger partial charge in [0.15, 0.2) is 0 Å². The van der Waals surface area contributed by atoms with E-state index in [2.05, 4.69) is 15.5 Å². The molecule has 1 amide bonds. The van der Waals surface area contributed by atoms with Crippen LogP contribution in [-0.4, -0.2) is 21.4 Å². The van der Waals surface area contributed by atoms with E-state index in [1.807, 2.05) is 12.1 Å². The minimum Gasteiger partial charge on any atom is -0.327 e. The van der Waals surface area contributed by atoms with Crippen molar-refractivity contribution in [3.63, 3.8) is 0 Å². The molecule has 5 heteroatoms. The van der Waals surface area contributed by atoms with E-state index < -0.39 is 0 Å². The molecule has 0 saturated heterocycles. The number of hydrogen-bond donors (Lipinski definition) is 1. The number of fused-ring (bicyclic) bond motifs is 1. The zero-order chi connectivity index (χ0) is 9.26.